The first kappa shape index (κ1) is 18.3. The van der Waals surface area contributed by atoms with Crippen LogP contribution < -0.4 is 5.32 Å². The molecule has 1 N–H and O–H groups in total. The van der Waals surface area contributed by atoms with Gasteiger partial charge in [0.2, 0.25) is 0 Å². The Balaban J connectivity index is 1.75. The molecule has 1 atom stereocenters. The summed E-state index contributed by atoms with van der Waals surface area (Å²) in [6.45, 7) is 5.60. The van der Waals surface area contributed by atoms with Crippen molar-refractivity contribution in [3.05, 3.63) is 57.0 Å². The number of hydrogen-bond acceptors (Lipinski definition) is 2. The summed E-state index contributed by atoms with van der Waals surface area (Å²) in [5.41, 5.74) is 4.11. The summed E-state index contributed by atoms with van der Waals surface area (Å²) >= 11 is 9.89. The molecule has 0 heterocycles. The molecular formula is C20H21BrClNO2. The SMILES string of the molecule is CC(C)(C)OC(=O)NC1Cc2ccc(-c3cccc(Br)c3Cl)cc2C1. The van der Waals surface area contributed by atoms with Crippen LogP contribution >= 0.6 is 27.5 Å². The van der Waals surface area contributed by atoms with Gasteiger partial charge in [-0.25, -0.2) is 4.79 Å². The Labute approximate surface area is 161 Å². The van der Waals surface area contributed by atoms with Gasteiger partial charge < -0.3 is 10.1 Å². The highest BCUT2D eigenvalue weighted by Crippen LogP contribution is 2.35. The number of amides is 1. The molecule has 132 valence electrons. The van der Waals surface area contributed by atoms with Crippen LogP contribution in [0.25, 0.3) is 11.1 Å². The van der Waals surface area contributed by atoms with Crippen molar-refractivity contribution in [2.75, 3.05) is 0 Å². The molecule has 0 fully saturated rings. The lowest BCUT2D eigenvalue weighted by Crippen LogP contribution is -2.39. The second-order valence-corrected chi connectivity index (χ2v) is 8.57. The van der Waals surface area contributed by atoms with Gasteiger partial charge in [-0.3, -0.25) is 0 Å². The number of fused-ring (bicyclic) bond motifs is 1. The summed E-state index contributed by atoms with van der Waals surface area (Å²) in [5.74, 6) is 0. The van der Waals surface area contributed by atoms with E-state index >= 15 is 0 Å². The molecule has 0 aromatic heterocycles. The lowest BCUT2D eigenvalue weighted by Gasteiger charge is -2.21. The highest BCUT2D eigenvalue weighted by molar-refractivity contribution is 9.10. The van der Waals surface area contributed by atoms with E-state index in [1.54, 1.807) is 0 Å². The van der Waals surface area contributed by atoms with E-state index in [0.29, 0.717) is 5.02 Å². The number of hydrogen-bond donors (Lipinski definition) is 1. The Bertz CT molecular complexity index is 814. The van der Waals surface area contributed by atoms with Crippen molar-refractivity contribution in [3.63, 3.8) is 0 Å². The first-order chi connectivity index (χ1) is 11.7. The maximum atomic E-state index is 12.0. The minimum Gasteiger partial charge on any atom is -0.444 e. The molecule has 2 aromatic rings. The Morgan fingerprint density at radius 3 is 2.64 bits per heavy atom. The van der Waals surface area contributed by atoms with E-state index in [1.807, 2.05) is 39.0 Å². The van der Waals surface area contributed by atoms with Gasteiger partial charge in [0.05, 0.1) is 5.02 Å². The molecular weight excluding hydrogens is 402 g/mol. The Morgan fingerprint density at radius 1 is 1.20 bits per heavy atom. The Hall–Kier alpha value is -1.52. The lowest BCUT2D eigenvalue weighted by molar-refractivity contribution is 0.0506. The van der Waals surface area contributed by atoms with E-state index in [2.05, 4.69) is 39.4 Å². The predicted octanol–water partition coefficient (Wildman–Crippen LogP) is 5.76. The third-order valence-electron chi connectivity index (χ3n) is 4.12. The molecule has 3 rings (SSSR count). The number of halogens is 2. The molecule has 5 heteroatoms. The van der Waals surface area contributed by atoms with Crippen molar-refractivity contribution >= 4 is 33.6 Å². The van der Waals surface area contributed by atoms with Gasteiger partial charge in [0, 0.05) is 16.1 Å². The van der Waals surface area contributed by atoms with Gasteiger partial charge in [-0.15, -0.1) is 0 Å². The van der Waals surface area contributed by atoms with E-state index in [1.165, 1.54) is 11.1 Å². The molecule has 0 saturated heterocycles. The zero-order valence-corrected chi connectivity index (χ0v) is 16.9. The van der Waals surface area contributed by atoms with Crippen molar-refractivity contribution in [1.29, 1.82) is 0 Å². The molecule has 1 aliphatic carbocycles. The fourth-order valence-corrected chi connectivity index (χ4v) is 3.69. The Kier molecular flexibility index (Phi) is 5.12. The van der Waals surface area contributed by atoms with Crippen LogP contribution in [-0.4, -0.2) is 17.7 Å². The van der Waals surface area contributed by atoms with E-state index in [-0.39, 0.29) is 12.1 Å². The largest absolute Gasteiger partial charge is 0.444 e. The van der Waals surface area contributed by atoms with Gasteiger partial charge in [-0.1, -0.05) is 41.9 Å². The summed E-state index contributed by atoms with van der Waals surface area (Å²) in [6.07, 6.45) is 1.26. The van der Waals surface area contributed by atoms with Gasteiger partial charge in [0.1, 0.15) is 5.60 Å². The maximum Gasteiger partial charge on any atom is 0.407 e. The average molecular weight is 423 g/mol. The molecule has 0 bridgehead atoms. The number of alkyl carbamates (subject to hydrolysis) is 1. The van der Waals surface area contributed by atoms with Crippen molar-refractivity contribution in [2.24, 2.45) is 0 Å². The third-order valence-corrected chi connectivity index (χ3v) is 5.42. The van der Waals surface area contributed by atoms with E-state index in [0.717, 1.165) is 28.4 Å². The van der Waals surface area contributed by atoms with Crippen LogP contribution in [-0.2, 0) is 17.6 Å². The quantitative estimate of drug-likeness (QED) is 0.668. The molecule has 1 amide bonds. The molecule has 0 saturated carbocycles. The topological polar surface area (TPSA) is 38.3 Å². The average Bonchev–Trinajstić information content (AvgIpc) is 2.89. The second-order valence-electron chi connectivity index (χ2n) is 7.34. The normalized spacial score (nSPS) is 16.4. The van der Waals surface area contributed by atoms with Crippen molar-refractivity contribution < 1.29 is 9.53 Å². The third kappa shape index (κ3) is 4.36. The summed E-state index contributed by atoms with van der Waals surface area (Å²) in [6, 6.07) is 12.4. The van der Waals surface area contributed by atoms with Gasteiger partial charge >= 0.3 is 6.09 Å². The van der Waals surface area contributed by atoms with Gasteiger partial charge in [-0.05, 0) is 72.3 Å². The fraction of sp³-hybridized carbons (Fsp3) is 0.350. The number of carbonyl (C=O) groups excluding carboxylic acids is 1. The number of benzene rings is 2. The second kappa shape index (κ2) is 7.00. The van der Waals surface area contributed by atoms with Crippen molar-refractivity contribution in [1.82, 2.24) is 5.32 Å². The van der Waals surface area contributed by atoms with Crippen molar-refractivity contribution in [3.8, 4) is 11.1 Å². The van der Waals surface area contributed by atoms with E-state index in [9.17, 15) is 4.79 Å². The first-order valence-electron chi connectivity index (χ1n) is 8.28. The number of nitrogens with one attached hydrogen (secondary N) is 1. The molecule has 0 radical (unpaired) electrons. The molecule has 2 aromatic carbocycles. The molecule has 3 nitrogen and oxygen atoms in total. The van der Waals surface area contributed by atoms with Gasteiger partial charge in [0.15, 0.2) is 0 Å². The van der Waals surface area contributed by atoms with E-state index < -0.39 is 5.60 Å². The van der Waals surface area contributed by atoms with Gasteiger partial charge in [-0.2, -0.15) is 0 Å². The predicted molar refractivity (Wildman–Crippen MR) is 105 cm³/mol. The fourth-order valence-electron chi connectivity index (χ4n) is 3.09. The summed E-state index contributed by atoms with van der Waals surface area (Å²) < 4.78 is 6.23. The molecule has 0 aliphatic heterocycles. The first-order valence-corrected chi connectivity index (χ1v) is 9.46. The molecule has 1 unspecified atom stereocenters. The Morgan fingerprint density at radius 2 is 1.92 bits per heavy atom. The maximum absolute atomic E-state index is 12.0. The summed E-state index contributed by atoms with van der Waals surface area (Å²) in [7, 11) is 0. The standard InChI is InChI=1S/C20H21BrClNO2/c1-20(2,3)25-19(24)23-15-10-12-7-8-13(9-14(12)11-15)16-5-4-6-17(21)18(16)22/h4-9,15H,10-11H2,1-3H3,(H,23,24). The zero-order valence-electron chi connectivity index (χ0n) is 14.5. The van der Waals surface area contributed by atoms with Gasteiger partial charge in [0.25, 0.3) is 0 Å². The summed E-state index contributed by atoms with van der Waals surface area (Å²) in [4.78, 5) is 12.0. The van der Waals surface area contributed by atoms with Crippen LogP contribution in [0, 0.1) is 0 Å². The van der Waals surface area contributed by atoms with E-state index in [4.69, 9.17) is 16.3 Å². The number of ether oxygens (including phenoxy) is 1. The number of carbonyl (C=O) groups is 1. The molecule has 0 spiro atoms. The monoisotopic (exact) mass is 421 g/mol. The minimum absolute atomic E-state index is 0.0677. The number of rotatable bonds is 2. The highest BCUT2D eigenvalue weighted by atomic mass is 79.9. The zero-order chi connectivity index (χ0) is 18.2. The van der Waals surface area contributed by atoms with Crippen LogP contribution in [0.1, 0.15) is 31.9 Å². The lowest BCUT2D eigenvalue weighted by atomic mass is 10.0. The minimum atomic E-state index is -0.486. The van der Waals surface area contributed by atoms with Crippen molar-refractivity contribution in [2.45, 2.75) is 45.3 Å². The molecule has 25 heavy (non-hydrogen) atoms. The highest BCUT2D eigenvalue weighted by Gasteiger charge is 2.25. The van der Waals surface area contributed by atoms with Crippen LogP contribution in [0.15, 0.2) is 40.9 Å². The van der Waals surface area contributed by atoms with Crippen LogP contribution in [0.2, 0.25) is 5.02 Å². The van der Waals surface area contributed by atoms with Crippen LogP contribution in [0.5, 0.6) is 0 Å². The summed E-state index contributed by atoms with van der Waals surface area (Å²) in [5, 5.41) is 3.68. The molecule has 1 aliphatic rings. The van der Waals surface area contributed by atoms with Crippen LogP contribution in [0.3, 0.4) is 0 Å². The smallest absolute Gasteiger partial charge is 0.407 e. The van der Waals surface area contributed by atoms with Crippen LogP contribution in [0.4, 0.5) is 4.79 Å².